The first-order valence-corrected chi connectivity index (χ1v) is 8.34. The summed E-state index contributed by atoms with van der Waals surface area (Å²) in [6, 6.07) is 8.33. The van der Waals surface area contributed by atoms with Crippen LogP contribution in [0.5, 0.6) is 0 Å². The van der Waals surface area contributed by atoms with Gasteiger partial charge in [0, 0.05) is 38.1 Å². The van der Waals surface area contributed by atoms with E-state index in [0.29, 0.717) is 5.15 Å². The minimum Gasteiger partial charge on any atom is -0.232 e. The number of hydrogen-bond acceptors (Lipinski definition) is 4. The van der Waals surface area contributed by atoms with Gasteiger partial charge in [0.05, 0.1) is 5.69 Å². The maximum absolute atomic E-state index is 6.28. The quantitative estimate of drug-likeness (QED) is 0.606. The van der Waals surface area contributed by atoms with Gasteiger partial charge < -0.3 is 0 Å². The zero-order chi connectivity index (χ0) is 12.8. The van der Waals surface area contributed by atoms with Gasteiger partial charge >= 0.3 is 0 Å². The van der Waals surface area contributed by atoms with Crippen molar-refractivity contribution in [1.29, 1.82) is 0 Å². The Labute approximate surface area is 123 Å². The van der Waals surface area contributed by atoms with Crippen molar-refractivity contribution in [3.63, 3.8) is 0 Å². The highest BCUT2D eigenvalue weighted by Gasteiger charge is 2.20. The van der Waals surface area contributed by atoms with Gasteiger partial charge in [-0.05, 0) is 6.07 Å². The van der Waals surface area contributed by atoms with Crippen molar-refractivity contribution in [3.05, 3.63) is 46.1 Å². The van der Waals surface area contributed by atoms with Crippen LogP contribution < -0.4 is 0 Å². The minimum atomic E-state index is 0.611. The van der Waals surface area contributed by atoms with E-state index in [2.05, 4.69) is 28.6 Å². The van der Waals surface area contributed by atoms with Crippen LogP contribution in [0.25, 0.3) is 21.5 Å². The molecule has 1 aliphatic heterocycles. The second-order valence-corrected chi connectivity index (χ2v) is 6.66. The van der Waals surface area contributed by atoms with Crippen LogP contribution in [0.4, 0.5) is 0 Å². The van der Waals surface area contributed by atoms with Gasteiger partial charge in [-0.1, -0.05) is 29.8 Å². The molecule has 0 aliphatic carbocycles. The predicted octanol–water partition coefficient (Wildman–Crippen LogP) is 4.76. The summed E-state index contributed by atoms with van der Waals surface area (Å²) in [5, 5.41) is 3.93. The summed E-state index contributed by atoms with van der Waals surface area (Å²) in [7, 11) is 0. The van der Waals surface area contributed by atoms with E-state index in [1.165, 1.54) is 10.1 Å². The second kappa shape index (κ2) is 4.47. The number of thioether (sulfide) groups is 1. The average Bonchev–Trinajstić information content (AvgIpc) is 3.04. The largest absolute Gasteiger partial charge is 0.232 e. The third-order valence-corrected chi connectivity index (χ3v) is 5.50. The molecule has 2 aromatic heterocycles. The molecule has 0 spiro atoms. The van der Waals surface area contributed by atoms with Crippen molar-refractivity contribution in [2.75, 3.05) is 0 Å². The third-order valence-electron chi connectivity index (χ3n) is 3.25. The summed E-state index contributed by atoms with van der Waals surface area (Å²) < 4.78 is 1.26. The molecule has 0 atom stereocenters. The summed E-state index contributed by atoms with van der Waals surface area (Å²) in [4.78, 5) is 9.18. The first kappa shape index (κ1) is 11.7. The molecule has 1 aliphatic rings. The highest BCUT2D eigenvalue weighted by atomic mass is 35.5. The Balaban J connectivity index is 1.95. The molecule has 5 heteroatoms. The minimum absolute atomic E-state index is 0.611. The standard InChI is InChI=1S/C14H9ClN2S2/c15-13-10-5-18-7-11(10)16-14(17-13)9-6-19-12-4-2-1-3-8(9)12/h1-4,6H,5,7H2. The Morgan fingerprint density at radius 1 is 1.11 bits per heavy atom. The number of halogens is 1. The van der Waals surface area contributed by atoms with Gasteiger partial charge in [-0.2, -0.15) is 11.8 Å². The first-order chi connectivity index (χ1) is 9.33. The number of benzene rings is 1. The topological polar surface area (TPSA) is 25.8 Å². The van der Waals surface area contributed by atoms with Gasteiger partial charge in [-0.15, -0.1) is 11.3 Å². The molecule has 3 heterocycles. The first-order valence-electron chi connectivity index (χ1n) is 5.92. The monoisotopic (exact) mass is 304 g/mol. The molecule has 0 unspecified atom stereocenters. The predicted molar refractivity (Wildman–Crippen MR) is 82.9 cm³/mol. The van der Waals surface area contributed by atoms with Crippen molar-refractivity contribution in [3.8, 4) is 11.4 Å². The van der Waals surface area contributed by atoms with E-state index in [1.54, 1.807) is 11.3 Å². The molecule has 0 saturated heterocycles. The normalized spacial score (nSPS) is 13.9. The molecule has 0 N–H and O–H groups in total. The lowest BCUT2D eigenvalue weighted by Gasteiger charge is -2.04. The Kier molecular flexibility index (Phi) is 2.76. The number of fused-ring (bicyclic) bond motifs is 2. The fourth-order valence-electron chi connectivity index (χ4n) is 2.28. The lowest BCUT2D eigenvalue weighted by Crippen LogP contribution is -1.96. The molecule has 4 rings (SSSR count). The fraction of sp³-hybridized carbons (Fsp3) is 0.143. The van der Waals surface area contributed by atoms with E-state index in [0.717, 1.165) is 34.2 Å². The summed E-state index contributed by atoms with van der Waals surface area (Å²) >= 11 is 9.84. The number of rotatable bonds is 1. The van der Waals surface area contributed by atoms with Gasteiger partial charge in [-0.3, -0.25) is 0 Å². The SMILES string of the molecule is Clc1nc(-c2csc3ccccc23)nc2c1CSC2. The smallest absolute Gasteiger partial charge is 0.162 e. The number of hydrogen-bond donors (Lipinski definition) is 0. The Bertz CT molecular complexity index is 782. The van der Waals surface area contributed by atoms with Gasteiger partial charge in [0.25, 0.3) is 0 Å². The highest BCUT2D eigenvalue weighted by Crippen LogP contribution is 2.37. The molecule has 2 nitrogen and oxygen atoms in total. The average molecular weight is 305 g/mol. The zero-order valence-electron chi connectivity index (χ0n) is 9.89. The van der Waals surface area contributed by atoms with Gasteiger partial charge in [0.1, 0.15) is 5.15 Å². The molecule has 1 aromatic carbocycles. The summed E-state index contributed by atoms with van der Waals surface area (Å²) in [5.74, 6) is 2.62. The lowest BCUT2D eigenvalue weighted by molar-refractivity contribution is 1.08. The van der Waals surface area contributed by atoms with Crippen molar-refractivity contribution >= 4 is 44.8 Å². The van der Waals surface area contributed by atoms with Gasteiger partial charge in [-0.25, -0.2) is 9.97 Å². The number of aromatic nitrogens is 2. The van der Waals surface area contributed by atoms with Crippen molar-refractivity contribution in [2.45, 2.75) is 11.5 Å². The summed E-state index contributed by atoms with van der Waals surface area (Å²) in [6.45, 7) is 0. The van der Waals surface area contributed by atoms with Crippen molar-refractivity contribution < 1.29 is 0 Å². The van der Waals surface area contributed by atoms with E-state index in [4.69, 9.17) is 16.6 Å². The summed E-state index contributed by atoms with van der Waals surface area (Å²) in [5.41, 5.74) is 3.28. The summed E-state index contributed by atoms with van der Waals surface area (Å²) in [6.07, 6.45) is 0. The lowest BCUT2D eigenvalue weighted by atomic mass is 10.1. The molecule has 19 heavy (non-hydrogen) atoms. The van der Waals surface area contributed by atoms with Crippen molar-refractivity contribution in [1.82, 2.24) is 9.97 Å². The molecule has 0 fully saturated rings. The van der Waals surface area contributed by atoms with E-state index in [9.17, 15) is 0 Å². The third kappa shape index (κ3) is 1.86. The Morgan fingerprint density at radius 3 is 2.95 bits per heavy atom. The molecule has 0 bridgehead atoms. The van der Waals surface area contributed by atoms with Crippen LogP contribution in [0.1, 0.15) is 11.3 Å². The molecular weight excluding hydrogens is 296 g/mol. The molecule has 0 radical (unpaired) electrons. The molecular formula is C14H9ClN2S2. The molecule has 0 amide bonds. The zero-order valence-corrected chi connectivity index (χ0v) is 12.3. The van der Waals surface area contributed by atoms with Crippen LogP contribution in [0.2, 0.25) is 5.15 Å². The molecule has 0 saturated carbocycles. The molecule has 3 aromatic rings. The molecule has 94 valence electrons. The maximum Gasteiger partial charge on any atom is 0.162 e. The van der Waals surface area contributed by atoms with Crippen LogP contribution in [0, 0.1) is 0 Å². The van der Waals surface area contributed by atoms with Crippen LogP contribution in [-0.2, 0) is 11.5 Å². The van der Waals surface area contributed by atoms with Crippen LogP contribution in [0.15, 0.2) is 29.6 Å². The maximum atomic E-state index is 6.28. The van der Waals surface area contributed by atoms with Crippen LogP contribution >= 0.6 is 34.7 Å². The van der Waals surface area contributed by atoms with Crippen LogP contribution in [-0.4, -0.2) is 9.97 Å². The second-order valence-electron chi connectivity index (χ2n) is 4.40. The van der Waals surface area contributed by atoms with E-state index in [-0.39, 0.29) is 0 Å². The van der Waals surface area contributed by atoms with Crippen molar-refractivity contribution in [2.24, 2.45) is 0 Å². The van der Waals surface area contributed by atoms with E-state index in [1.807, 2.05) is 17.8 Å². The van der Waals surface area contributed by atoms with Gasteiger partial charge in [0.2, 0.25) is 0 Å². The number of thiophene rings is 1. The Hall–Kier alpha value is -1.10. The number of nitrogens with zero attached hydrogens (tertiary/aromatic N) is 2. The van der Waals surface area contributed by atoms with E-state index >= 15 is 0 Å². The van der Waals surface area contributed by atoms with Gasteiger partial charge in [0.15, 0.2) is 5.82 Å². The highest BCUT2D eigenvalue weighted by molar-refractivity contribution is 7.98. The van der Waals surface area contributed by atoms with Crippen LogP contribution in [0.3, 0.4) is 0 Å². The van der Waals surface area contributed by atoms with E-state index < -0.39 is 0 Å². The fourth-order valence-corrected chi connectivity index (χ4v) is 4.60. The Morgan fingerprint density at radius 2 is 2.00 bits per heavy atom.